The summed E-state index contributed by atoms with van der Waals surface area (Å²) in [5, 5.41) is 7.38. The van der Waals surface area contributed by atoms with Crippen LogP contribution in [0.2, 0.25) is 0 Å². The van der Waals surface area contributed by atoms with Crippen molar-refractivity contribution in [2.45, 2.75) is 39.2 Å². The Labute approximate surface area is 121 Å². The van der Waals surface area contributed by atoms with E-state index in [1.165, 1.54) is 36.2 Å². The van der Waals surface area contributed by atoms with Crippen LogP contribution in [-0.2, 0) is 6.42 Å². The van der Waals surface area contributed by atoms with Crippen LogP contribution in [-0.4, -0.2) is 28.2 Å². The Balaban J connectivity index is 1.68. The molecule has 0 amide bonds. The molecule has 1 aromatic carbocycles. The van der Waals surface area contributed by atoms with Gasteiger partial charge in [-0.1, -0.05) is 30.3 Å². The normalized spacial score (nSPS) is 19.6. The third kappa shape index (κ3) is 2.63. The first-order valence-corrected chi connectivity index (χ1v) is 7.55. The zero-order valence-corrected chi connectivity index (χ0v) is 12.4. The number of H-pyrrole nitrogens is 1. The van der Waals surface area contributed by atoms with Gasteiger partial charge in [0.25, 0.3) is 0 Å². The Kier molecular flexibility index (Phi) is 3.88. The van der Waals surface area contributed by atoms with Gasteiger partial charge in [0, 0.05) is 18.3 Å². The first-order valence-electron chi connectivity index (χ1n) is 7.55. The molecule has 1 aromatic heterocycles. The van der Waals surface area contributed by atoms with Gasteiger partial charge >= 0.3 is 0 Å². The van der Waals surface area contributed by atoms with Crippen LogP contribution in [0.1, 0.15) is 41.4 Å². The predicted molar refractivity (Wildman–Crippen MR) is 81.8 cm³/mol. The van der Waals surface area contributed by atoms with E-state index in [1.807, 2.05) is 0 Å². The Morgan fingerprint density at radius 3 is 2.75 bits per heavy atom. The topological polar surface area (TPSA) is 31.9 Å². The van der Waals surface area contributed by atoms with Crippen LogP contribution in [0.4, 0.5) is 0 Å². The average molecular weight is 269 g/mol. The maximum atomic E-state index is 4.30. The molecule has 0 unspecified atom stereocenters. The lowest BCUT2D eigenvalue weighted by atomic mass is 10.0. The van der Waals surface area contributed by atoms with Crippen LogP contribution in [0, 0.1) is 13.8 Å². The van der Waals surface area contributed by atoms with Crippen LogP contribution in [0.25, 0.3) is 0 Å². The summed E-state index contributed by atoms with van der Waals surface area (Å²) in [6, 6.07) is 11.5. The quantitative estimate of drug-likeness (QED) is 0.922. The molecule has 0 aliphatic carbocycles. The molecular formula is C17H23N3. The summed E-state index contributed by atoms with van der Waals surface area (Å²) in [7, 11) is 0. The number of aromatic nitrogens is 2. The highest BCUT2D eigenvalue weighted by molar-refractivity contribution is 5.24. The molecule has 1 fully saturated rings. The minimum Gasteiger partial charge on any atom is -0.296 e. The first kappa shape index (κ1) is 13.4. The number of hydrogen-bond donors (Lipinski definition) is 1. The molecule has 1 atom stereocenters. The van der Waals surface area contributed by atoms with Crippen LogP contribution in [0.5, 0.6) is 0 Å². The maximum Gasteiger partial charge on any atom is 0.0626 e. The van der Waals surface area contributed by atoms with E-state index in [9.17, 15) is 0 Å². The second-order valence-electron chi connectivity index (χ2n) is 5.77. The second-order valence-corrected chi connectivity index (χ2v) is 5.77. The first-order chi connectivity index (χ1) is 9.75. The fourth-order valence-corrected chi connectivity index (χ4v) is 3.34. The number of nitrogens with zero attached hydrogens (tertiary/aromatic N) is 2. The van der Waals surface area contributed by atoms with Crippen molar-refractivity contribution in [2.24, 2.45) is 0 Å². The molecule has 0 saturated carbocycles. The molecule has 3 nitrogen and oxygen atoms in total. The van der Waals surface area contributed by atoms with E-state index in [0.717, 1.165) is 18.7 Å². The van der Waals surface area contributed by atoms with Crippen molar-refractivity contribution in [3.8, 4) is 0 Å². The molecule has 2 aromatic rings. The van der Waals surface area contributed by atoms with E-state index in [4.69, 9.17) is 0 Å². The monoisotopic (exact) mass is 269 g/mol. The molecular weight excluding hydrogens is 246 g/mol. The number of aryl methyl sites for hydroxylation is 2. The molecule has 0 spiro atoms. The molecule has 1 N–H and O–H groups in total. The minimum absolute atomic E-state index is 0.601. The zero-order valence-electron chi connectivity index (χ0n) is 12.4. The molecule has 2 heterocycles. The van der Waals surface area contributed by atoms with Gasteiger partial charge in [0.15, 0.2) is 0 Å². The number of benzene rings is 1. The van der Waals surface area contributed by atoms with Crippen molar-refractivity contribution in [1.82, 2.24) is 15.1 Å². The molecule has 0 radical (unpaired) electrons. The lowest BCUT2D eigenvalue weighted by Gasteiger charge is -2.24. The molecule has 20 heavy (non-hydrogen) atoms. The summed E-state index contributed by atoms with van der Waals surface area (Å²) in [6.45, 7) is 6.56. The molecule has 106 valence electrons. The lowest BCUT2D eigenvalue weighted by Crippen LogP contribution is -2.25. The van der Waals surface area contributed by atoms with Crippen LogP contribution in [0.3, 0.4) is 0 Å². The lowest BCUT2D eigenvalue weighted by molar-refractivity contribution is 0.260. The number of nitrogens with one attached hydrogen (secondary N) is 1. The van der Waals surface area contributed by atoms with Crippen molar-refractivity contribution in [2.75, 3.05) is 13.1 Å². The molecule has 1 aliphatic heterocycles. The van der Waals surface area contributed by atoms with E-state index in [0.29, 0.717) is 6.04 Å². The Hall–Kier alpha value is -1.61. The summed E-state index contributed by atoms with van der Waals surface area (Å²) in [5.74, 6) is 0. The fraction of sp³-hybridized carbons (Fsp3) is 0.471. The Bertz CT molecular complexity index is 539. The minimum atomic E-state index is 0.601. The van der Waals surface area contributed by atoms with Gasteiger partial charge in [-0.25, -0.2) is 0 Å². The van der Waals surface area contributed by atoms with E-state index in [2.05, 4.69) is 59.3 Å². The van der Waals surface area contributed by atoms with Gasteiger partial charge in [-0.15, -0.1) is 0 Å². The van der Waals surface area contributed by atoms with Gasteiger partial charge in [0.05, 0.1) is 5.69 Å². The van der Waals surface area contributed by atoms with Crippen molar-refractivity contribution in [3.05, 3.63) is 52.8 Å². The van der Waals surface area contributed by atoms with Crippen LogP contribution >= 0.6 is 0 Å². The standard InChI is InChI=1S/C17H23N3/c1-13-16(14(2)19-18-13)10-12-20-11-6-9-17(20)15-7-4-3-5-8-15/h3-5,7-8,17H,6,9-12H2,1-2H3,(H,18,19)/t17-/m0/s1. The smallest absolute Gasteiger partial charge is 0.0626 e. The van der Waals surface area contributed by atoms with E-state index in [1.54, 1.807) is 0 Å². The maximum absolute atomic E-state index is 4.30. The van der Waals surface area contributed by atoms with Gasteiger partial charge < -0.3 is 0 Å². The van der Waals surface area contributed by atoms with E-state index < -0.39 is 0 Å². The molecule has 0 bridgehead atoms. The number of aromatic amines is 1. The summed E-state index contributed by atoms with van der Waals surface area (Å²) in [4.78, 5) is 2.63. The summed E-state index contributed by atoms with van der Waals surface area (Å²) < 4.78 is 0. The zero-order chi connectivity index (χ0) is 13.9. The third-order valence-electron chi connectivity index (χ3n) is 4.48. The number of rotatable bonds is 4. The average Bonchev–Trinajstić information content (AvgIpc) is 3.06. The van der Waals surface area contributed by atoms with Gasteiger partial charge in [-0.3, -0.25) is 10.00 Å². The Morgan fingerprint density at radius 1 is 1.25 bits per heavy atom. The highest BCUT2D eigenvalue weighted by Crippen LogP contribution is 2.31. The van der Waals surface area contributed by atoms with Crippen molar-refractivity contribution >= 4 is 0 Å². The van der Waals surface area contributed by atoms with E-state index in [-0.39, 0.29) is 0 Å². The van der Waals surface area contributed by atoms with Gasteiger partial charge in [0.1, 0.15) is 0 Å². The highest BCUT2D eigenvalue weighted by atomic mass is 15.2. The van der Waals surface area contributed by atoms with Crippen LogP contribution in [0.15, 0.2) is 30.3 Å². The number of hydrogen-bond acceptors (Lipinski definition) is 2. The van der Waals surface area contributed by atoms with Gasteiger partial charge in [-0.05, 0) is 50.8 Å². The highest BCUT2D eigenvalue weighted by Gasteiger charge is 2.25. The van der Waals surface area contributed by atoms with Gasteiger partial charge in [0.2, 0.25) is 0 Å². The molecule has 3 rings (SSSR count). The SMILES string of the molecule is Cc1n[nH]c(C)c1CCN1CCC[C@H]1c1ccccc1. The van der Waals surface area contributed by atoms with Crippen LogP contribution < -0.4 is 0 Å². The van der Waals surface area contributed by atoms with Crippen molar-refractivity contribution < 1.29 is 0 Å². The van der Waals surface area contributed by atoms with Crippen molar-refractivity contribution in [1.29, 1.82) is 0 Å². The molecule has 1 aliphatic rings. The predicted octanol–water partition coefficient (Wildman–Crippen LogP) is 3.41. The van der Waals surface area contributed by atoms with Crippen molar-refractivity contribution in [3.63, 3.8) is 0 Å². The summed E-state index contributed by atoms with van der Waals surface area (Å²) >= 11 is 0. The largest absolute Gasteiger partial charge is 0.296 e. The summed E-state index contributed by atoms with van der Waals surface area (Å²) in [5.41, 5.74) is 5.23. The second kappa shape index (κ2) is 5.80. The van der Waals surface area contributed by atoms with Gasteiger partial charge in [-0.2, -0.15) is 5.10 Å². The van der Waals surface area contributed by atoms with E-state index >= 15 is 0 Å². The Morgan fingerprint density at radius 2 is 2.05 bits per heavy atom. The fourth-order valence-electron chi connectivity index (χ4n) is 3.34. The third-order valence-corrected chi connectivity index (χ3v) is 4.48. The summed E-state index contributed by atoms with van der Waals surface area (Å²) in [6.07, 6.45) is 3.69. The molecule has 1 saturated heterocycles. The number of likely N-dealkylation sites (tertiary alicyclic amines) is 1. The molecule has 3 heteroatoms.